The van der Waals surface area contributed by atoms with Crippen LogP contribution < -0.4 is 0 Å². The summed E-state index contributed by atoms with van der Waals surface area (Å²) in [6, 6.07) is 0. The minimum absolute atomic E-state index is 0.0792. The number of esters is 1. The molecule has 1 spiro atoms. The highest BCUT2D eigenvalue weighted by atomic mass is 16.7. The largest absolute Gasteiger partial charge is 0.510 e. The van der Waals surface area contributed by atoms with Gasteiger partial charge >= 0.3 is 5.97 Å². The van der Waals surface area contributed by atoms with E-state index >= 15 is 0 Å². The number of hydrogen-bond acceptors (Lipinski definition) is 9. The fourth-order valence-electron chi connectivity index (χ4n) is 11.4. The van der Waals surface area contributed by atoms with E-state index in [9.17, 15) is 30.3 Å². The van der Waals surface area contributed by atoms with Gasteiger partial charge in [0.2, 0.25) is 0 Å². The lowest BCUT2D eigenvalue weighted by Gasteiger charge is -2.62. The van der Waals surface area contributed by atoms with Crippen molar-refractivity contribution in [3.05, 3.63) is 11.3 Å². The quantitative estimate of drug-likeness (QED) is 0.225. The van der Waals surface area contributed by atoms with Gasteiger partial charge in [-0.25, -0.2) is 4.79 Å². The Labute approximate surface area is 262 Å². The Morgan fingerprint density at radius 2 is 1.66 bits per heavy atom. The normalized spacial score (nSPS) is 50.0. The average Bonchev–Trinajstić information content (AvgIpc) is 3.42. The zero-order chi connectivity index (χ0) is 31.9. The van der Waals surface area contributed by atoms with Crippen LogP contribution in [0.3, 0.4) is 0 Å². The lowest BCUT2D eigenvalue weighted by atomic mass is 9.44. The summed E-state index contributed by atoms with van der Waals surface area (Å²) in [7, 11) is 0. The Morgan fingerprint density at radius 3 is 2.32 bits per heavy atom. The molecular weight excluding hydrogens is 564 g/mol. The van der Waals surface area contributed by atoms with E-state index in [0.717, 1.165) is 51.6 Å². The second-order valence-electron chi connectivity index (χ2n) is 16.4. The van der Waals surface area contributed by atoms with Gasteiger partial charge in [0.25, 0.3) is 0 Å². The van der Waals surface area contributed by atoms with Crippen LogP contribution in [-0.4, -0.2) is 80.5 Å². The maximum atomic E-state index is 12.8. The SMILES string of the molecule is CC(C)=C(O)[C@@H](O)[C@@H](O)[C@@H](O)C(=O)O[C@@H]1C[C@@H]2CCC3C(CC[C@]4(C)C5C(C[C@@H]34)O[C@]3(CC[C@@H](C)CO3)[C@H]5C)[C@@]2(C)C[C@H]1O. The second-order valence-corrected chi connectivity index (χ2v) is 16.4. The van der Waals surface area contributed by atoms with E-state index in [0.29, 0.717) is 53.9 Å². The number of aliphatic hydroxyl groups excluding tert-OH is 5. The molecule has 0 bridgehead atoms. The van der Waals surface area contributed by atoms with Gasteiger partial charge in [-0.3, -0.25) is 0 Å². The van der Waals surface area contributed by atoms with Crippen LogP contribution in [0.25, 0.3) is 0 Å². The van der Waals surface area contributed by atoms with Crippen LogP contribution in [0.15, 0.2) is 11.3 Å². The Hall–Kier alpha value is -1.23. The van der Waals surface area contributed by atoms with Crippen molar-refractivity contribution in [3.8, 4) is 0 Å². The van der Waals surface area contributed by atoms with Gasteiger partial charge in [-0.15, -0.1) is 0 Å². The molecule has 2 saturated heterocycles. The van der Waals surface area contributed by atoms with Crippen LogP contribution in [0.4, 0.5) is 0 Å². The van der Waals surface area contributed by atoms with Crippen molar-refractivity contribution in [2.75, 3.05) is 6.61 Å². The minimum atomic E-state index is -2.05. The number of fused-ring (bicyclic) bond motifs is 7. The van der Waals surface area contributed by atoms with Gasteiger partial charge in [0, 0.05) is 12.3 Å². The van der Waals surface area contributed by atoms with Crippen LogP contribution in [0, 0.1) is 52.3 Å². The number of rotatable bonds is 5. The third-order valence-electron chi connectivity index (χ3n) is 13.9. The van der Waals surface area contributed by atoms with Crippen LogP contribution in [-0.2, 0) is 19.0 Å². The molecule has 0 amide bonds. The Kier molecular flexibility index (Phi) is 8.53. The van der Waals surface area contributed by atoms with E-state index < -0.39 is 48.0 Å². The van der Waals surface area contributed by atoms with E-state index in [2.05, 4.69) is 27.7 Å². The molecule has 2 heterocycles. The van der Waals surface area contributed by atoms with E-state index in [-0.39, 0.29) is 22.9 Å². The average molecular weight is 621 g/mol. The van der Waals surface area contributed by atoms with Crippen molar-refractivity contribution >= 4 is 5.97 Å². The van der Waals surface area contributed by atoms with Crippen LogP contribution in [0.5, 0.6) is 0 Å². The molecule has 2 aliphatic heterocycles. The fraction of sp³-hybridized carbons (Fsp3) is 0.914. The molecule has 6 fully saturated rings. The molecule has 6 rings (SSSR count). The molecule has 0 radical (unpaired) electrons. The summed E-state index contributed by atoms with van der Waals surface area (Å²) in [5.41, 5.74) is 0.499. The van der Waals surface area contributed by atoms with Gasteiger partial charge in [0.15, 0.2) is 11.9 Å². The Morgan fingerprint density at radius 1 is 0.932 bits per heavy atom. The number of allylic oxidation sites excluding steroid dienone is 1. The molecule has 6 aliphatic rings. The Balaban J connectivity index is 1.12. The third kappa shape index (κ3) is 4.98. The van der Waals surface area contributed by atoms with Crippen molar-refractivity contribution in [1.29, 1.82) is 0 Å². The number of carbonyl (C=O) groups excluding carboxylic acids is 1. The molecule has 16 atom stereocenters. The predicted octanol–water partition coefficient (Wildman–Crippen LogP) is 4.25. The van der Waals surface area contributed by atoms with Gasteiger partial charge in [0.1, 0.15) is 24.1 Å². The molecule has 4 aliphatic carbocycles. The maximum Gasteiger partial charge on any atom is 0.338 e. The van der Waals surface area contributed by atoms with Crippen molar-refractivity contribution in [1.82, 2.24) is 0 Å². The highest BCUT2D eigenvalue weighted by Crippen LogP contribution is 2.71. The molecule has 0 aromatic heterocycles. The number of hydrogen-bond donors (Lipinski definition) is 5. The van der Waals surface area contributed by atoms with E-state index in [1.807, 2.05) is 0 Å². The predicted molar refractivity (Wildman–Crippen MR) is 162 cm³/mol. The van der Waals surface area contributed by atoms with E-state index in [1.165, 1.54) is 0 Å². The van der Waals surface area contributed by atoms with Gasteiger partial charge in [-0.2, -0.15) is 0 Å². The summed E-state index contributed by atoms with van der Waals surface area (Å²) >= 11 is 0. The molecule has 250 valence electrons. The minimum Gasteiger partial charge on any atom is -0.510 e. The van der Waals surface area contributed by atoms with Gasteiger partial charge in [0.05, 0.1) is 18.8 Å². The highest BCUT2D eigenvalue weighted by molar-refractivity contribution is 5.75. The highest BCUT2D eigenvalue weighted by Gasteiger charge is 2.69. The number of ether oxygens (including phenoxy) is 3. The molecule has 9 heteroatoms. The summed E-state index contributed by atoms with van der Waals surface area (Å²) in [6.45, 7) is 13.4. The lowest BCUT2D eigenvalue weighted by Crippen LogP contribution is -2.58. The monoisotopic (exact) mass is 620 g/mol. The first-order valence-corrected chi connectivity index (χ1v) is 17.2. The molecule has 0 aromatic carbocycles. The Bertz CT molecular complexity index is 1130. The first-order chi connectivity index (χ1) is 20.6. The molecule has 4 unspecified atom stereocenters. The standard InChI is InChI=1S/C35H56O9/c1-17(2)28(37)29(38)30(39)31(40)32(41)43-25-13-20-7-8-21-22(34(20,6)15-24(25)36)10-11-33(5)23(21)14-26-27(33)19(4)35(44-26)12-9-18(3)16-42-35/h18-27,29-31,36-40H,7-16H2,1-6H3/t18-,19+,20+,21?,22?,23+,24-,25-,26?,27?,29-,30-,31-,33+,34+,35-/m1/s1. The first kappa shape index (κ1) is 32.7. The van der Waals surface area contributed by atoms with Gasteiger partial charge < -0.3 is 39.7 Å². The number of carbonyl (C=O) groups is 1. The van der Waals surface area contributed by atoms with Crippen LogP contribution >= 0.6 is 0 Å². The zero-order valence-corrected chi connectivity index (χ0v) is 27.4. The van der Waals surface area contributed by atoms with Crippen molar-refractivity contribution in [2.24, 2.45) is 52.3 Å². The second kappa shape index (κ2) is 11.5. The zero-order valence-electron chi connectivity index (χ0n) is 27.4. The molecule has 5 N–H and O–H groups in total. The molecule has 4 saturated carbocycles. The summed E-state index contributed by atoms with van der Waals surface area (Å²) in [5, 5.41) is 52.2. The summed E-state index contributed by atoms with van der Waals surface area (Å²) < 4.78 is 19.0. The third-order valence-corrected chi connectivity index (χ3v) is 13.9. The maximum absolute atomic E-state index is 12.8. The van der Waals surface area contributed by atoms with Crippen molar-refractivity contribution < 1.29 is 44.5 Å². The van der Waals surface area contributed by atoms with Gasteiger partial charge in [-0.1, -0.05) is 27.7 Å². The van der Waals surface area contributed by atoms with E-state index in [1.54, 1.807) is 13.8 Å². The van der Waals surface area contributed by atoms with Crippen molar-refractivity contribution in [2.45, 2.75) is 142 Å². The summed E-state index contributed by atoms with van der Waals surface area (Å²) in [5.74, 6) is 1.38. The van der Waals surface area contributed by atoms with Gasteiger partial charge in [-0.05, 0) is 117 Å². The van der Waals surface area contributed by atoms with Crippen LogP contribution in [0.1, 0.15) is 99.3 Å². The molecule has 9 nitrogen and oxygen atoms in total. The fourth-order valence-corrected chi connectivity index (χ4v) is 11.4. The topological polar surface area (TPSA) is 146 Å². The van der Waals surface area contributed by atoms with Crippen LogP contribution in [0.2, 0.25) is 0 Å². The first-order valence-electron chi connectivity index (χ1n) is 17.2. The summed E-state index contributed by atoms with van der Waals surface area (Å²) in [6.07, 6.45) is 1.42. The molecule has 0 aromatic rings. The number of aliphatic hydroxyl groups is 5. The van der Waals surface area contributed by atoms with E-state index in [4.69, 9.17) is 14.2 Å². The molecule has 44 heavy (non-hydrogen) atoms. The molecular formula is C35H56O9. The van der Waals surface area contributed by atoms with Crippen molar-refractivity contribution in [3.63, 3.8) is 0 Å². The smallest absolute Gasteiger partial charge is 0.338 e. The summed E-state index contributed by atoms with van der Waals surface area (Å²) in [4.78, 5) is 12.8. The lowest BCUT2D eigenvalue weighted by molar-refractivity contribution is -0.273.